The van der Waals surface area contributed by atoms with Crippen LogP contribution in [0.4, 0.5) is 0 Å². The van der Waals surface area contributed by atoms with Gasteiger partial charge in [-0.05, 0) is 42.3 Å². The lowest BCUT2D eigenvalue weighted by molar-refractivity contribution is 0.0929. The molecule has 1 aliphatic carbocycles. The van der Waals surface area contributed by atoms with Gasteiger partial charge in [-0.15, -0.1) is 11.3 Å². The summed E-state index contributed by atoms with van der Waals surface area (Å²) in [5.41, 5.74) is 3.28. The summed E-state index contributed by atoms with van der Waals surface area (Å²) in [5.74, 6) is 0.0818. The first-order valence-electron chi connectivity index (χ1n) is 8.73. The smallest absolute Gasteiger partial charge is 0.268 e. The highest BCUT2D eigenvalue weighted by atomic mass is 32.1. The number of carbonyl (C=O) groups excluding carboxylic acids is 1. The number of aryl methyl sites for hydroxylation is 2. The number of carbonyl (C=O) groups is 1. The summed E-state index contributed by atoms with van der Waals surface area (Å²) in [7, 11) is 0. The monoisotopic (exact) mass is 338 g/mol. The average Bonchev–Trinajstić information content (AvgIpc) is 3.31. The second-order valence-corrected chi connectivity index (χ2v) is 7.49. The summed E-state index contributed by atoms with van der Waals surface area (Å²) < 4.78 is 3.38. The first-order valence-corrected chi connectivity index (χ1v) is 9.61. The number of rotatable bonds is 5. The molecule has 4 heteroatoms. The third kappa shape index (κ3) is 3.11. The van der Waals surface area contributed by atoms with Gasteiger partial charge in [0.1, 0.15) is 5.69 Å². The topological polar surface area (TPSA) is 34.0 Å². The van der Waals surface area contributed by atoms with Gasteiger partial charge in [0.15, 0.2) is 0 Å². The van der Waals surface area contributed by atoms with Crippen molar-refractivity contribution in [2.45, 2.75) is 44.7 Å². The maximum absolute atomic E-state index is 12.8. The van der Waals surface area contributed by atoms with Gasteiger partial charge in [0.2, 0.25) is 0 Å². The van der Waals surface area contributed by atoms with E-state index in [-0.39, 0.29) is 5.91 Å². The molecule has 3 aromatic rings. The molecule has 0 saturated heterocycles. The Morgan fingerprint density at radius 2 is 1.96 bits per heavy atom. The molecule has 2 heterocycles. The molecule has 0 radical (unpaired) electrons. The Labute approximate surface area is 146 Å². The summed E-state index contributed by atoms with van der Waals surface area (Å²) in [6.45, 7) is 0.831. The minimum absolute atomic E-state index is 0.0818. The Morgan fingerprint density at radius 3 is 2.75 bits per heavy atom. The number of nitrogens with zero attached hydrogens (tertiary/aromatic N) is 1. The van der Waals surface area contributed by atoms with E-state index in [2.05, 4.69) is 51.7 Å². The van der Waals surface area contributed by atoms with E-state index in [1.54, 1.807) is 11.3 Å². The molecule has 0 atom stereocenters. The Kier molecular flexibility index (Phi) is 4.39. The fourth-order valence-electron chi connectivity index (χ4n) is 3.62. The minimum Gasteiger partial charge on any atom is -0.348 e. The first-order chi connectivity index (χ1) is 11.8. The molecular formula is C20H22N2OS. The summed E-state index contributed by atoms with van der Waals surface area (Å²) in [4.78, 5) is 12.8. The van der Waals surface area contributed by atoms with Crippen LogP contribution in [-0.2, 0) is 13.0 Å². The van der Waals surface area contributed by atoms with Gasteiger partial charge in [-0.3, -0.25) is 4.79 Å². The highest BCUT2D eigenvalue weighted by molar-refractivity contribution is 7.17. The van der Waals surface area contributed by atoms with E-state index in [1.165, 1.54) is 28.6 Å². The number of fused-ring (bicyclic) bond motifs is 1. The lowest BCUT2D eigenvalue weighted by Gasteiger charge is -2.14. The predicted molar refractivity (Wildman–Crippen MR) is 99.7 cm³/mol. The molecule has 1 aromatic carbocycles. The van der Waals surface area contributed by atoms with E-state index in [0.29, 0.717) is 6.04 Å². The average molecular weight is 338 g/mol. The molecule has 1 fully saturated rings. The van der Waals surface area contributed by atoms with Gasteiger partial charge in [0.25, 0.3) is 5.91 Å². The molecule has 1 N–H and O–H groups in total. The Bertz CT molecular complexity index is 828. The van der Waals surface area contributed by atoms with Crippen LogP contribution in [0.15, 0.2) is 47.8 Å². The number of nitrogens with one attached hydrogen (secondary N) is 1. The molecule has 0 spiro atoms. The fraction of sp³-hybridized carbons (Fsp3) is 0.350. The fourth-order valence-corrected chi connectivity index (χ4v) is 4.44. The normalized spacial score (nSPS) is 15.2. The van der Waals surface area contributed by atoms with Crippen molar-refractivity contribution >= 4 is 27.5 Å². The van der Waals surface area contributed by atoms with Crippen molar-refractivity contribution in [2.75, 3.05) is 0 Å². The van der Waals surface area contributed by atoms with Gasteiger partial charge in [-0.25, -0.2) is 0 Å². The molecule has 1 saturated carbocycles. The van der Waals surface area contributed by atoms with Crippen LogP contribution in [-0.4, -0.2) is 16.5 Å². The highest BCUT2D eigenvalue weighted by Gasteiger charge is 2.21. The van der Waals surface area contributed by atoms with Crippen molar-refractivity contribution in [3.8, 4) is 0 Å². The van der Waals surface area contributed by atoms with Crippen molar-refractivity contribution in [3.63, 3.8) is 0 Å². The van der Waals surface area contributed by atoms with Crippen LogP contribution in [0.1, 0.15) is 41.7 Å². The zero-order chi connectivity index (χ0) is 16.4. The third-order valence-electron chi connectivity index (χ3n) is 4.91. The van der Waals surface area contributed by atoms with Crippen molar-refractivity contribution in [1.29, 1.82) is 0 Å². The number of amides is 1. The second kappa shape index (κ2) is 6.81. The van der Waals surface area contributed by atoms with Crippen LogP contribution in [0, 0.1) is 0 Å². The molecule has 0 bridgehead atoms. The molecule has 0 aliphatic heterocycles. The molecule has 0 unspecified atom stereocenters. The van der Waals surface area contributed by atoms with Crippen LogP contribution >= 0.6 is 11.3 Å². The quantitative estimate of drug-likeness (QED) is 0.724. The SMILES string of the molecule is O=C(NC1CCCC1)c1cc2sccc2n1CCc1ccccc1. The summed E-state index contributed by atoms with van der Waals surface area (Å²) in [5, 5.41) is 5.33. The Hall–Kier alpha value is -2.07. The van der Waals surface area contributed by atoms with Crippen LogP contribution in [0.2, 0.25) is 0 Å². The zero-order valence-corrected chi connectivity index (χ0v) is 14.5. The van der Waals surface area contributed by atoms with Gasteiger partial charge in [-0.1, -0.05) is 43.2 Å². The van der Waals surface area contributed by atoms with Crippen LogP contribution in [0.25, 0.3) is 10.2 Å². The molecule has 1 amide bonds. The van der Waals surface area contributed by atoms with E-state index < -0.39 is 0 Å². The molecular weight excluding hydrogens is 316 g/mol. The lowest BCUT2D eigenvalue weighted by Crippen LogP contribution is -2.34. The molecule has 24 heavy (non-hydrogen) atoms. The molecule has 124 valence electrons. The van der Waals surface area contributed by atoms with Crippen LogP contribution in [0.5, 0.6) is 0 Å². The van der Waals surface area contributed by atoms with E-state index in [1.807, 2.05) is 6.07 Å². The molecule has 4 rings (SSSR count). The summed E-state index contributed by atoms with van der Waals surface area (Å²) in [6, 6.07) is 15.0. The van der Waals surface area contributed by atoms with Gasteiger partial charge in [-0.2, -0.15) is 0 Å². The van der Waals surface area contributed by atoms with Crippen LogP contribution < -0.4 is 5.32 Å². The van der Waals surface area contributed by atoms with Crippen molar-refractivity contribution < 1.29 is 4.79 Å². The van der Waals surface area contributed by atoms with Crippen molar-refractivity contribution in [2.24, 2.45) is 0 Å². The Balaban J connectivity index is 1.57. The Morgan fingerprint density at radius 1 is 1.17 bits per heavy atom. The van der Waals surface area contributed by atoms with E-state index >= 15 is 0 Å². The second-order valence-electron chi connectivity index (χ2n) is 6.54. The largest absolute Gasteiger partial charge is 0.348 e. The molecule has 1 aliphatic rings. The summed E-state index contributed by atoms with van der Waals surface area (Å²) >= 11 is 1.70. The number of hydrogen-bond donors (Lipinski definition) is 1. The molecule has 2 aromatic heterocycles. The van der Waals surface area contributed by atoms with Crippen LogP contribution in [0.3, 0.4) is 0 Å². The zero-order valence-electron chi connectivity index (χ0n) is 13.7. The minimum atomic E-state index is 0.0818. The van der Waals surface area contributed by atoms with E-state index in [0.717, 1.165) is 31.5 Å². The highest BCUT2D eigenvalue weighted by Crippen LogP contribution is 2.26. The van der Waals surface area contributed by atoms with Gasteiger partial charge in [0, 0.05) is 12.6 Å². The van der Waals surface area contributed by atoms with E-state index in [4.69, 9.17) is 0 Å². The molecule has 3 nitrogen and oxygen atoms in total. The maximum atomic E-state index is 12.8. The van der Waals surface area contributed by atoms with Crippen molar-refractivity contribution in [3.05, 3.63) is 59.1 Å². The number of thiophene rings is 1. The third-order valence-corrected chi connectivity index (χ3v) is 5.77. The summed E-state index contributed by atoms with van der Waals surface area (Å²) in [6.07, 6.45) is 5.63. The maximum Gasteiger partial charge on any atom is 0.268 e. The standard InChI is InChI=1S/C20H22N2OS/c23-20(21-16-8-4-5-9-16)18-14-19-17(11-13-24-19)22(18)12-10-15-6-2-1-3-7-15/h1-3,6-7,11,13-14,16H,4-5,8-10,12H2,(H,21,23). The van der Waals surface area contributed by atoms with E-state index in [9.17, 15) is 4.79 Å². The number of benzene rings is 1. The van der Waals surface area contributed by atoms with Gasteiger partial charge >= 0.3 is 0 Å². The van der Waals surface area contributed by atoms with Gasteiger partial charge in [0.05, 0.1) is 10.2 Å². The predicted octanol–water partition coefficient (Wildman–Crippen LogP) is 4.62. The number of aromatic nitrogens is 1. The first kappa shape index (κ1) is 15.5. The number of hydrogen-bond acceptors (Lipinski definition) is 2. The van der Waals surface area contributed by atoms with Gasteiger partial charge < -0.3 is 9.88 Å². The van der Waals surface area contributed by atoms with Crippen molar-refractivity contribution in [1.82, 2.24) is 9.88 Å². The lowest BCUT2D eigenvalue weighted by atomic mass is 10.1.